The molecule has 9 heteroatoms. The molecular weight excluding hydrogens is 521 g/mol. The van der Waals surface area contributed by atoms with Crippen LogP contribution in [0.15, 0.2) is 29.1 Å². The summed E-state index contributed by atoms with van der Waals surface area (Å²) in [6.45, 7) is 8.88. The van der Waals surface area contributed by atoms with Crippen molar-refractivity contribution in [2.45, 2.75) is 58.0 Å². The van der Waals surface area contributed by atoms with Crippen molar-refractivity contribution in [3.63, 3.8) is 0 Å². The van der Waals surface area contributed by atoms with Gasteiger partial charge in [-0.3, -0.25) is 9.69 Å². The Balaban J connectivity index is 0.00000148. The van der Waals surface area contributed by atoms with Crippen LogP contribution in [-0.4, -0.2) is 67.0 Å². The first kappa shape index (κ1) is 27.6. The van der Waals surface area contributed by atoms with Gasteiger partial charge >= 0.3 is 0 Å². The number of anilines is 1. The van der Waals surface area contributed by atoms with Crippen molar-refractivity contribution in [2.24, 2.45) is 0 Å². The lowest BCUT2D eigenvalue weighted by Gasteiger charge is -2.41. The molecule has 1 N–H and O–H groups in total. The number of methoxy groups -OCH3 is 1. The highest BCUT2D eigenvalue weighted by molar-refractivity contribution is 6.10. The van der Waals surface area contributed by atoms with E-state index >= 15 is 4.39 Å². The van der Waals surface area contributed by atoms with Crippen molar-refractivity contribution in [2.75, 3.05) is 51.4 Å². The van der Waals surface area contributed by atoms with Crippen molar-refractivity contribution in [1.29, 1.82) is 5.26 Å². The maximum absolute atomic E-state index is 16.9. The number of benzene rings is 2. The molecule has 4 heterocycles. The van der Waals surface area contributed by atoms with Gasteiger partial charge < -0.3 is 23.9 Å². The molecule has 3 fully saturated rings. The fraction of sp³-hybridized carbons (Fsp3) is 0.500. The molecule has 2 aliphatic heterocycles. The molecule has 3 aliphatic rings. The second-order valence-electron chi connectivity index (χ2n) is 11.0. The number of piperidine rings is 1. The summed E-state index contributed by atoms with van der Waals surface area (Å²) >= 11 is 0. The van der Waals surface area contributed by atoms with Gasteiger partial charge in [-0.05, 0) is 50.3 Å². The summed E-state index contributed by atoms with van der Waals surface area (Å²) in [6, 6.07) is 9.76. The third-order valence-corrected chi connectivity index (χ3v) is 9.04. The van der Waals surface area contributed by atoms with E-state index in [4.69, 9.17) is 9.47 Å². The lowest BCUT2D eigenvalue weighted by atomic mass is 9.91. The third kappa shape index (κ3) is 4.54. The topological polar surface area (TPSA) is 86.5 Å². The molecule has 0 bridgehead atoms. The first-order chi connectivity index (χ1) is 20.1. The number of morpholine rings is 1. The minimum atomic E-state index is -0.392. The molecule has 7 rings (SSSR count). The van der Waals surface area contributed by atoms with Crippen molar-refractivity contribution < 1.29 is 13.9 Å². The molecule has 2 aromatic carbocycles. The summed E-state index contributed by atoms with van der Waals surface area (Å²) < 4.78 is 30.1. The van der Waals surface area contributed by atoms with Crippen LogP contribution in [0.5, 0.6) is 5.75 Å². The van der Waals surface area contributed by atoms with E-state index in [0.29, 0.717) is 50.5 Å². The summed E-state index contributed by atoms with van der Waals surface area (Å²) in [5.74, 6) is 0.00415. The Kier molecular flexibility index (Phi) is 7.62. The van der Waals surface area contributed by atoms with Crippen LogP contribution in [0.1, 0.15) is 57.6 Å². The maximum Gasteiger partial charge on any atom is 0.199 e. The van der Waals surface area contributed by atoms with Crippen LogP contribution in [0.2, 0.25) is 0 Å². The average Bonchev–Trinajstić information content (AvgIpc) is 3.38. The third-order valence-electron chi connectivity index (χ3n) is 9.04. The van der Waals surface area contributed by atoms with E-state index in [1.165, 1.54) is 0 Å². The Morgan fingerprint density at radius 3 is 2.39 bits per heavy atom. The van der Waals surface area contributed by atoms with Crippen LogP contribution in [0.25, 0.3) is 32.8 Å². The van der Waals surface area contributed by atoms with E-state index < -0.39 is 5.82 Å². The Bertz CT molecular complexity index is 1690. The molecule has 0 unspecified atom stereocenters. The highest BCUT2D eigenvalue weighted by Crippen LogP contribution is 2.43. The first-order valence-electron chi connectivity index (χ1n) is 15.0. The van der Waals surface area contributed by atoms with Gasteiger partial charge in [-0.1, -0.05) is 19.9 Å². The van der Waals surface area contributed by atoms with E-state index in [2.05, 4.69) is 20.9 Å². The highest BCUT2D eigenvalue weighted by atomic mass is 19.1. The smallest absolute Gasteiger partial charge is 0.199 e. The van der Waals surface area contributed by atoms with Crippen molar-refractivity contribution in [1.82, 2.24) is 14.5 Å². The van der Waals surface area contributed by atoms with Gasteiger partial charge in [0.25, 0.3) is 0 Å². The zero-order chi connectivity index (χ0) is 28.7. The van der Waals surface area contributed by atoms with Gasteiger partial charge in [0, 0.05) is 49.2 Å². The van der Waals surface area contributed by atoms with Gasteiger partial charge in [-0.15, -0.1) is 0 Å². The first-order valence-corrected chi connectivity index (χ1v) is 15.0. The quantitative estimate of drug-likeness (QED) is 0.345. The van der Waals surface area contributed by atoms with Crippen LogP contribution in [-0.2, 0) is 4.74 Å². The molecule has 0 spiro atoms. The Labute approximate surface area is 239 Å². The molecule has 216 valence electrons. The second kappa shape index (κ2) is 11.3. The molecule has 4 aromatic rings. The highest BCUT2D eigenvalue weighted by Gasteiger charge is 2.33. The number of rotatable bonds is 4. The van der Waals surface area contributed by atoms with E-state index in [1.807, 2.05) is 24.5 Å². The predicted octanol–water partition coefficient (Wildman–Crippen LogP) is 5.71. The van der Waals surface area contributed by atoms with E-state index in [1.54, 1.807) is 25.3 Å². The summed E-state index contributed by atoms with van der Waals surface area (Å²) in [5.41, 5.74) is 2.42. The number of aromatic amines is 1. The van der Waals surface area contributed by atoms with Crippen LogP contribution >= 0.6 is 0 Å². The number of ether oxygens (including phenoxy) is 2. The maximum atomic E-state index is 16.9. The van der Waals surface area contributed by atoms with E-state index in [9.17, 15) is 10.1 Å². The molecule has 1 saturated carbocycles. The van der Waals surface area contributed by atoms with Crippen molar-refractivity contribution in [3.8, 4) is 11.8 Å². The van der Waals surface area contributed by atoms with E-state index in [0.717, 1.165) is 76.9 Å². The number of pyridine rings is 1. The van der Waals surface area contributed by atoms with Crippen molar-refractivity contribution >= 4 is 38.5 Å². The summed E-state index contributed by atoms with van der Waals surface area (Å²) in [5, 5.41) is 11.0. The predicted molar refractivity (Wildman–Crippen MR) is 161 cm³/mol. The number of fused-ring (bicyclic) bond motifs is 4. The fourth-order valence-electron chi connectivity index (χ4n) is 6.78. The lowest BCUT2D eigenvalue weighted by molar-refractivity contribution is 0.0114. The molecule has 41 heavy (non-hydrogen) atoms. The number of H-pyrrole nitrogens is 1. The number of nitrogens with zero attached hydrogens (tertiary/aromatic N) is 4. The molecule has 0 amide bonds. The monoisotopic (exact) mass is 559 g/mol. The van der Waals surface area contributed by atoms with Crippen LogP contribution < -0.4 is 15.1 Å². The largest absolute Gasteiger partial charge is 0.494 e. The number of hydrogen-bond acceptors (Lipinski definition) is 6. The number of nitriles is 1. The van der Waals surface area contributed by atoms with Crippen molar-refractivity contribution in [3.05, 3.63) is 45.9 Å². The van der Waals surface area contributed by atoms with Gasteiger partial charge in [0.05, 0.1) is 48.2 Å². The second-order valence-corrected chi connectivity index (χ2v) is 11.0. The fourth-order valence-corrected chi connectivity index (χ4v) is 6.78. The lowest BCUT2D eigenvalue weighted by Crippen LogP contribution is -2.49. The zero-order valence-corrected chi connectivity index (χ0v) is 24.1. The number of aromatic nitrogens is 2. The van der Waals surface area contributed by atoms with Gasteiger partial charge in [-0.2, -0.15) is 5.26 Å². The molecule has 0 atom stereocenters. The average molecular weight is 560 g/mol. The number of halogens is 1. The van der Waals surface area contributed by atoms with Crippen LogP contribution in [0.3, 0.4) is 0 Å². The Morgan fingerprint density at radius 2 is 1.76 bits per heavy atom. The van der Waals surface area contributed by atoms with Gasteiger partial charge in [0.1, 0.15) is 17.1 Å². The van der Waals surface area contributed by atoms with E-state index in [-0.39, 0.29) is 11.5 Å². The van der Waals surface area contributed by atoms with Gasteiger partial charge in [0.2, 0.25) is 0 Å². The van der Waals surface area contributed by atoms with Gasteiger partial charge in [0.15, 0.2) is 11.2 Å². The van der Waals surface area contributed by atoms with Crippen LogP contribution in [0, 0.1) is 17.1 Å². The summed E-state index contributed by atoms with van der Waals surface area (Å²) in [7, 11) is 1.54. The zero-order valence-electron chi connectivity index (χ0n) is 24.1. The number of nitrogens with one attached hydrogen (secondary N) is 1. The normalized spacial score (nSPS) is 18.8. The molecule has 1 aliphatic carbocycles. The molecule has 2 aromatic heterocycles. The Morgan fingerprint density at radius 1 is 1.02 bits per heavy atom. The Hall–Kier alpha value is -3.61. The van der Waals surface area contributed by atoms with Gasteiger partial charge in [-0.25, -0.2) is 4.39 Å². The number of hydrogen-bond donors (Lipinski definition) is 1. The standard InChI is InChI=1S/C30H32FN5O3.C2H6/c1-38-24-16-22-27(26(31)28(24)35-9-7-19(8-10-35)34-11-13-39-14-12-34)36(20-3-2-4-20)30-25(29(22)37)21-6-5-18(17-32)15-23(21)33-30;1-2/h5-6,15-16,19-20,33H,2-4,7-14H2,1H3;1-2H3. The SMILES string of the molecule is CC.COc1cc2c(=O)c3c4ccc(C#N)cc4[nH]c3n(C3CCC3)c2c(F)c1N1CCC(N2CCOCC2)CC1. The molecule has 0 radical (unpaired) electrons. The van der Waals surface area contributed by atoms with Crippen LogP contribution in [0.4, 0.5) is 10.1 Å². The molecular formula is C32H38FN5O3. The minimum Gasteiger partial charge on any atom is -0.494 e. The molecule has 2 saturated heterocycles. The molecule has 8 nitrogen and oxygen atoms in total. The minimum absolute atomic E-state index is 0.0990. The summed E-state index contributed by atoms with van der Waals surface area (Å²) in [6.07, 6.45) is 4.81. The summed E-state index contributed by atoms with van der Waals surface area (Å²) in [4.78, 5) is 21.9.